The zero-order valence-corrected chi connectivity index (χ0v) is 16.0. The molecular formula is C22H26N4O. The van der Waals surface area contributed by atoms with Crippen molar-refractivity contribution in [3.05, 3.63) is 53.9 Å². The summed E-state index contributed by atoms with van der Waals surface area (Å²) in [5.41, 5.74) is 3.06. The van der Waals surface area contributed by atoms with Gasteiger partial charge in [-0.3, -0.25) is 4.79 Å². The van der Waals surface area contributed by atoms with Gasteiger partial charge in [-0.2, -0.15) is 5.26 Å². The molecule has 2 aromatic rings. The van der Waals surface area contributed by atoms with Crippen molar-refractivity contribution in [3.63, 3.8) is 0 Å². The molecule has 3 rings (SSSR count). The molecule has 1 aliphatic rings. The first kappa shape index (κ1) is 18.8. The smallest absolute Gasteiger partial charge is 0.262 e. The van der Waals surface area contributed by atoms with E-state index in [2.05, 4.69) is 11.4 Å². The lowest BCUT2D eigenvalue weighted by Gasteiger charge is -2.22. The van der Waals surface area contributed by atoms with Crippen LogP contribution in [0.25, 0.3) is 11.8 Å². The molecule has 0 spiro atoms. The monoisotopic (exact) mass is 362 g/mol. The Morgan fingerprint density at radius 2 is 1.89 bits per heavy atom. The molecule has 1 aromatic heterocycles. The van der Waals surface area contributed by atoms with Gasteiger partial charge < -0.3 is 14.8 Å². The Morgan fingerprint density at radius 1 is 1.19 bits per heavy atom. The Kier molecular flexibility index (Phi) is 5.97. The van der Waals surface area contributed by atoms with E-state index >= 15 is 0 Å². The molecule has 0 unspecified atom stereocenters. The summed E-state index contributed by atoms with van der Waals surface area (Å²) in [6.07, 6.45) is 9.11. The van der Waals surface area contributed by atoms with Crippen LogP contribution in [0.2, 0.25) is 0 Å². The molecule has 0 aliphatic heterocycles. The molecular weight excluding hydrogens is 336 g/mol. The fourth-order valence-electron chi connectivity index (χ4n) is 3.46. The molecule has 0 saturated heterocycles. The molecule has 1 amide bonds. The van der Waals surface area contributed by atoms with Crippen LogP contribution in [0.5, 0.6) is 0 Å². The third-order valence-electron chi connectivity index (χ3n) is 5.02. The Hall–Kier alpha value is -3.00. The maximum atomic E-state index is 12.5. The number of hydrogen-bond acceptors (Lipinski definition) is 3. The zero-order valence-electron chi connectivity index (χ0n) is 16.0. The summed E-state index contributed by atoms with van der Waals surface area (Å²) in [5.74, 6) is -0.278. The minimum absolute atomic E-state index is 0.144. The molecule has 5 nitrogen and oxygen atoms in total. The van der Waals surface area contributed by atoms with Crippen LogP contribution in [0, 0.1) is 11.3 Å². The first-order valence-electron chi connectivity index (χ1n) is 9.46. The summed E-state index contributed by atoms with van der Waals surface area (Å²) in [5, 5.41) is 12.5. The van der Waals surface area contributed by atoms with Crippen molar-refractivity contribution < 1.29 is 4.79 Å². The Labute approximate surface area is 160 Å². The normalized spacial score (nSPS) is 15.2. The van der Waals surface area contributed by atoms with Gasteiger partial charge in [-0.15, -0.1) is 0 Å². The van der Waals surface area contributed by atoms with E-state index in [0.717, 1.165) is 42.8 Å². The van der Waals surface area contributed by atoms with Crippen molar-refractivity contribution in [1.29, 1.82) is 5.26 Å². The molecule has 0 radical (unpaired) electrons. The summed E-state index contributed by atoms with van der Waals surface area (Å²) < 4.78 is 1.98. The highest BCUT2D eigenvalue weighted by Gasteiger charge is 2.18. The van der Waals surface area contributed by atoms with Gasteiger partial charge in [0.25, 0.3) is 5.91 Å². The van der Waals surface area contributed by atoms with Crippen molar-refractivity contribution in [2.24, 2.45) is 0 Å². The van der Waals surface area contributed by atoms with Gasteiger partial charge in [-0.05, 0) is 55.3 Å². The molecule has 1 fully saturated rings. The summed E-state index contributed by atoms with van der Waals surface area (Å²) in [6.45, 7) is 0. The topological polar surface area (TPSA) is 61.1 Å². The van der Waals surface area contributed by atoms with Gasteiger partial charge >= 0.3 is 0 Å². The molecule has 5 heteroatoms. The first-order chi connectivity index (χ1) is 13.1. The molecule has 140 valence electrons. The molecule has 1 heterocycles. The van der Waals surface area contributed by atoms with Crippen LogP contribution >= 0.6 is 0 Å². The number of nitrogens with one attached hydrogen (secondary N) is 1. The third-order valence-corrected chi connectivity index (χ3v) is 5.02. The van der Waals surface area contributed by atoms with Gasteiger partial charge in [0, 0.05) is 43.4 Å². The van der Waals surface area contributed by atoms with Crippen LogP contribution in [0.1, 0.15) is 37.8 Å². The lowest BCUT2D eigenvalue weighted by molar-refractivity contribution is -0.117. The molecule has 27 heavy (non-hydrogen) atoms. The second-order valence-corrected chi connectivity index (χ2v) is 7.19. The van der Waals surface area contributed by atoms with E-state index in [1.165, 1.54) is 6.42 Å². The Balaban J connectivity index is 1.80. The van der Waals surface area contributed by atoms with E-state index in [1.54, 1.807) is 6.08 Å². The van der Waals surface area contributed by atoms with E-state index in [4.69, 9.17) is 0 Å². The number of amides is 1. The standard InChI is InChI=1S/C22H26N4O/c1-25(2)19-10-12-20(13-11-19)26-14-6-9-21(26)15-17(16-23)22(27)24-18-7-4-3-5-8-18/h6,9-15,18H,3-5,7-8H2,1-2H3,(H,24,27)/b17-15-. The fourth-order valence-corrected chi connectivity index (χ4v) is 3.46. The summed E-state index contributed by atoms with van der Waals surface area (Å²) in [6, 6.07) is 14.2. The quantitative estimate of drug-likeness (QED) is 0.648. The minimum Gasteiger partial charge on any atom is -0.378 e. The maximum absolute atomic E-state index is 12.5. The number of aromatic nitrogens is 1. The number of carbonyl (C=O) groups is 1. The van der Waals surface area contributed by atoms with Crippen LogP contribution in [0.15, 0.2) is 48.2 Å². The number of rotatable bonds is 5. The summed E-state index contributed by atoms with van der Waals surface area (Å²) >= 11 is 0. The van der Waals surface area contributed by atoms with Crippen molar-refractivity contribution in [1.82, 2.24) is 9.88 Å². The Morgan fingerprint density at radius 3 is 2.52 bits per heavy atom. The van der Waals surface area contributed by atoms with Crippen molar-refractivity contribution in [2.75, 3.05) is 19.0 Å². The summed E-state index contributed by atoms with van der Waals surface area (Å²) in [7, 11) is 4.01. The lowest BCUT2D eigenvalue weighted by Crippen LogP contribution is -2.36. The number of anilines is 1. The largest absolute Gasteiger partial charge is 0.378 e. The van der Waals surface area contributed by atoms with Gasteiger partial charge in [0.15, 0.2) is 0 Å². The number of nitrogens with zero attached hydrogens (tertiary/aromatic N) is 3. The number of benzene rings is 1. The van der Waals surface area contributed by atoms with E-state index in [0.29, 0.717) is 0 Å². The molecule has 1 aromatic carbocycles. The van der Waals surface area contributed by atoms with Gasteiger partial charge in [-0.1, -0.05) is 19.3 Å². The van der Waals surface area contributed by atoms with Crippen molar-refractivity contribution >= 4 is 17.7 Å². The van der Waals surface area contributed by atoms with Crippen LogP contribution in [-0.4, -0.2) is 30.6 Å². The summed E-state index contributed by atoms with van der Waals surface area (Å²) in [4.78, 5) is 14.6. The minimum atomic E-state index is -0.278. The van der Waals surface area contributed by atoms with Crippen molar-refractivity contribution in [3.8, 4) is 11.8 Å². The second kappa shape index (κ2) is 8.59. The molecule has 1 saturated carbocycles. The van der Waals surface area contributed by atoms with E-state index in [9.17, 15) is 10.1 Å². The average Bonchev–Trinajstić information content (AvgIpc) is 3.15. The van der Waals surface area contributed by atoms with Crippen LogP contribution in [0.3, 0.4) is 0 Å². The molecule has 1 aliphatic carbocycles. The van der Waals surface area contributed by atoms with E-state index < -0.39 is 0 Å². The third kappa shape index (κ3) is 4.59. The van der Waals surface area contributed by atoms with Gasteiger partial charge in [0.05, 0.1) is 0 Å². The SMILES string of the molecule is CN(C)c1ccc(-n2cccc2/C=C(/C#N)C(=O)NC2CCCCC2)cc1. The lowest BCUT2D eigenvalue weighted by atomic mass is 9.95. The van der Waals surface area contributed by atoms with Crippen molar-refractivity contribution in [2.45, 2.75) is 38.1 Å². The van der Waals surface area contributed by atoms with Crippen LogP contribution in [-0.2, 0) is 4.79 Å². The molecule has 0 atom stereocenters. The highest BCUT2D eigenvalue weighted by atomic mass is 16.1. The fraction of sp³-hybridized carbons (Fsp3) is 0.364. The zero-order chi connectivity index (χ0) is 19.2. The number of hydrogen-bond donors (Lipinski definition) is 1. The van der Waals surface area contributed by atoms with E-state index in [1.807, 2.05) is 66.2 Å². The maximum Gasteiger partial charge on any atom is 0.262 e. The highest BCUT2D eigenvalue weighted by Crippen LogP contribution is 2.20. The number of carbonyl (C=O) groups excluding carboxylic acids is 1. The van der Waals surface area contributed by atoms with Gasteiger partial charge in [-0.25, -0.2) is 0 Å². The highest BCUT2D eigenvalue weighted by molar-refractivity contribution is 6.01. The number of nitriles is 1. The predicted molar refractivity (Wildman–Crippen MR) is 109 cm³/mol. The van der Waals surface area contributed by atoms with Crippen LogP contribution in [0.4, 0.5) is 5.69 Å². The second-order valence-electron chi connectivity index (χ2n) is 7.19. The van der Waals surface area contributed by atoms with Crippen LogP contribution < -0.4 is 10.2 Å². The van der Waals surface area contributed by atoms with E-state index in [-0.39, 0.29) is 17.5 Å². The first-order valence-corrected chi connectivity index (χ1v) is 9.46. The predicted octanol–water partition coefficient (Wildman–Crippen LogP) is 3.90. The molecule has 0 bridgehead atoms. The average molecular weight is 362 g/mol. The van der Waals surface area contributed by atoms with Gasteiger partial charge in [0.1, 0.15) is 11.6 Å². The van der Waals surface area contributed by atoms with Gasteiger partial charge in [0.2, 0.25) is 0 Å². The Bertz CT molecular complexity index is 849. The molecule has 1 N–H and O–H groups in total.